The molecule has 0 fully saturated rings. The first-order valence-corrected chi connectivity index (χ1v) is 16.7. The highest BCUT2D eigenvalue weighted by Crippen LogP contribution is 2.58. The first-order valence-electron chi connectivity index (χ1n) is 15.9. The van der Waals surface area contributed by atoms with Gasteiger partial charge in [0, 0.05) is 15.2 Å². The van der Waals surface area contributed by atoms with E-state index >= 15 is 0 Å². The van der Waals surface area contributed by atoms with Crippen LogP contribution in [0.4, 0.5) is 0 Å². The molecule has 0 N–H and O–H groups in total. The van der Waals surface area contributed by atoms with E-state index in [0.29, 0.717) is 0 Å². The predicted octanol–water partition coefficient (Wildman–Crippen LogP) is 12.2. The lowest BCUT2D eigenvalue weighted by atomic mass is 9.67. The zero-order chi connectivity index (χ0) is 30.2. The van der Waals surface area contributed by atoms with E-state index in [1.54, 1.807) is 0 Å². The van der Waals surface area contributed by atoms with Crippen molar-refractivity contribution in [3.05, 3.63) is 192 Å². The lowest BCUT2D eigenvalue weighted by Gasteiger charge is -2.34. The summed E-state index contributed by atoms with van der Waals surface area (Å²) in [5.74, 6) is 0. The first-order chi connectivity index (χ1) is 22.8. The predicted molar refractivity (Wildman–Crippen MR) is 194 cm³/mol. The second kappa shape index (κ2) is 9.81. The molecule has 0 bridgehead atoms. The highest BCUT2D eigenvalue weighted by atomic mass is 32.2. The van der Waals surface area contributed by atoms with Gasteiger partial charge >= 0.3 is 0 Å². The summed E-state index contributed by atoms with van der Waals surface area (Å²) in [6.07, 6.45) is 0. The molecular formula is C45H28S. The van der Waals surface area contributed by atoms with Crippen LogP contribution in [0.2, 0.25) is 0 Å². The second-order valence-corrected chi connectivity index (χ2v) is 13.5. The van der Waals surface area contributed by atoms with Crippen LogP contribution in [-0.2, 0) is 5.41 Å². The first kappa shape index (κ1) is 25.9. The molecule has 2 aliphatic rings. The molecule has 0 aromatic heterocycles. The van der Waals surface area contributed by atoms with Gasteiger partial charge in [0.1, 0.15) is 0 Å². The highest BCUT2D eigenvalue weighted by molar-refractivity contribution is 7.99. The van der Waals surface area contributed by atoms with E-state index in [-0.39, 0.29) is 0 Å². The number of fused-ring (bicyclic) bond motifs is 7. The number of benzene rings is 8. The molecule has 46 heavy (non-hydrogen) atoms. The van der Waals surface area contributed by atoms with E-state index in [1.165, 1.54) is 87.0 Å². The Balaban J connectivity index is 1.27. The minimum atomic E-state index is -0.450. The van der Waals surface area contributed by atoms with E-state index in [2.05, 4.69) is 170 Å². The Bertz CT molecular complexity index is 2510. The van der Waals surface area contributed by atoms with Gasteiger partial charge in [-0.3, -0.25) is 0 Å². The van der Waals surface area contributed by atoms with Crippen molar-refractivity contribution >= 4 is 33.3 Å². The molecular weight excluding hydrogens is 573 g/mol. The van der Waals surface area contributed by atoms with Gasteiger partial charge in [0.05, 0.1) is 5.41 Å². The fourth-order valence-corrected chi connectivity index (χ4v) is 9.36. The summed E-state index contributed by atoms with van der Waals surface area (Å²) in [6, 6.07) is 63.4. The largest absolute Gasteiger partial charge is 0.0888 e. The lowest BCUT2D eigenvalue weighted by molar-refractivity contribution is 0.769. The van der Waals surface area contributed by atoms with Crippen LogP contribution < -0.4 is 0 Å². The Morgan fingerprint density at radius 2 is 1.11 bits per heavy atom. The summed E-state index contributed by atoms with van der Waals surface area (Å²) in [5.41, 5.74) is 12.6. The monoisotopic (exact) mass is 600 g/mol. The fourth-order valence-electron chi connectivity index (χ4n) is 8.21. The van der Waals surface area contributed by atoms with Crippen molar-refractivity contribution < 1.29 is 0 Å². The van der Waals surface area contributed by atoms with Crippen molar-refractivity contribution in [1.82, 2.24) is 0 Å². The topological polar surface area (TPSA) is 0 Å². The van der Waals surface area contributed by atoms with Crippen molar-refractivity contribution in [2.75, 3.05) is 0 Å². The van der Waals surface area contributed by atoms with Gasteiger partial charge < -0.3 is 0 Å². The Kier molecular flexibility index (Phi) is 5.53. The summed E-state index contributed by atoms with van der Waals surface area (Å²) < 4.78 is 0. The third kappa shape index (κ3) is 3.52. The Morgan fingerprint density at radius 1 is 0.391 bits per heavy atom. The molecule has 0 amide bonds. The van der Waals surface area contributed by atoms with Gasteiger partial charge in [-0.25, -0.2) is 0 Å². The minimum absolute atomic E-state index is 0.450. The quantitative estimate of drug-likeness (QED) is 0.194. The van der Waals surface area contributed by atoms with Gasteiger partial charge in [-0.15, -0.1) is 0 Å². The molecule has 0 saturated carbocycles. The second-order valence-electron chi connectivity index (χ2n) is 12.4. The molecule has 0 nitrogen and oxygen atoms in total. The van der Waals surface area contributed by atoms with Crippen LogP contribution in [0.15, 0.2) is 180 Å². The van der Waals surface area contributed by atoms with Gasteiger partial charge in [-0.05, 0) is 102 Å². The minimum Gasteiger partial charge on any atom is -0.0888 e. The molecule has 0 radical (unpaired) electrons. The summed E-state index contributed by atoms with van der Waals surface area (Å²) >= 11 is 1.88. The number of rotatable bonds is 3. The third-order valence-electron chi connectivity index (χ3n) is 10.1. The van der Waals surface area contributed by atoms with E-state index < -0.39 is 5.41 Å². The SMILES string of the molecule is c1ccc(C2(c3cccc(-c4cc5c6c(cccc6c4)Sc4ccccc4-5)c3)c3ccccc3-c3c2ccc2ccccc32)cc1. The molecule has 0 saturated heterocycles. The average molecular weight is 601 g/mol. The van der Waals surface area contributed by atoms with Gasteiger partial charge in [0.25, 0.3) is 0 Å². The highest BCUT2D eigenvalue weighted by Gasteiger charge is 2.46. The van der Waals surface area contributed by atoms with Crippen molar-refractivity contribution in [1.29, 1.82) is 0 Å². The molecule has 1 heterocycles. The van der Waals surface area contributed by atoms with E-state index in [0.717, 1.165) is 0 Å². The molecule has 1 aliphatic carbocycles. The third-order valence-corrected chi connectivity index (χ3v) is 11.2. The summed E-state index contributed by atoms with van der Waals surface area (Å²) in [4.78, 5) is 2.66. The van der Waals surface area contributed by atoms with Crippen molar-refractivity contribution in [2.45, 2.75) is 15.2 Å². The maximum absolute atomic E-state index is 2.45. The smallest absolute Gasteiger partial charge is 0.0714 e. The lowest BCUT2D eigenvalue weighted by Crippen LogP contribution is -2.28. The Hall–Kier alpha value is -5.37. The zero-order valence-electron chi connectivity index (χ0n) is 25.1. The van der Waals surface area contributed by atoms with E-state index in [4.69, 9.17) is 0 Å². The van der Waals surface area contributed by atoms with Crippen molar-refractivity contribution in [3.63, 3.8) is 0 Å². The van der Waals surface area contributed by atoms with Crippen LogP contribution in [-0.4, -0.2) is 0 Å². The standard InChI is InChI=1S/C45H28S/c1-2-15-33(16-3-1)45(39-21-8-6-20-37(39)44-35-18-5-4-12-29(35)24-25-40(44)45)34-17-10-13-30(27-34)32-26-31-14-11-23-42-43(31)38(28-32)36-19-7-9-22-41(36)46-42/h1-28H. The average Bonchev–Trinajstić information content (AvgIpc) is 3.44. The summed E-state index contributed by atoms with van der Waals surface area (Å²) in [5, 5.41) is 5.23. The summed E-state index contributed by atoms with van der Waals surface area (Å²) in [7, 11) is 0. The molecule has 1 atom stereocenters. The van der Waals surface area contributed by atoms with Crippen LogP contribution in [0.3, 0.4) is 0 Å². The Morgan fingerprint density at radius 3 is 2.04 bits per heavy atom. The molecule has 10 rings (SSSR count). The number of hydrogen-bond donors (Lipinski definition) is 0. The maximum atomic E-state index is 2.45. The molecule has 8 aromatic rings. The van der Waals surface area contributed by atoms with E-state index in [1.807, 2.05) is 11.8 Å². The van der Waals surface area contributed by atoms with Gasteiger partial charge in [-0.2, -0.15) is 0 Å². The zero-order valence-corrected chi connectivity index (χ0v) is 25.9. The van der Waals surface area contributed by atoms with Gasteiger partial charge in [-0.1, -0.05) is 151 Å². The summed E-state index contributed by atoms with van der Waals surface area (Å²) in [6.45, 7) is 0. The molecule has 0 spiro atoms. The molecule has 1 heteroatoms. The molecule has 214 valence electrons. The molecule has 8 aromatic carbocycles. The fraction of sp³-hybridized carbons (Fsp3) is 0.0222. The van der Waals surface area contributed by atoms with Crippen LogP contribution in [0.1, 0.15) is 22.3 Å². The van der Waals surface area contributed by atoms with Gasteiger partial charge in [0.15, 0.2) is 0 Å². The molecule has 1 unspecified atom stereocenters. The van der Waals surface area contributed by atoms with Crippen LogP contribution in [0.5, 0.6) is 0 Å². The molecule has 1 aliphatic heterocycles. The van der Waals surface area contributed by atoms with Crippen LogP contribution in [0.25, 0.3) is 54.9 Å². The maximum Gasteiger partial charge on any atom is 0.0714 e. The Labute approximate surface area is 273 Å². The van der Waals surface area contributed by atoms with Crippen LogP contribution in [0, 0.1) is 0 Å². The van der Waals surface area contributed by atoms with Crippen molar-refractivity contribution in [2.24, 2.45) is 0 Å². The van der Waals surface area contributed by atoms with Crippen molar-refractivity contribution in [3.8, 4) is 33.4 Å². The number of hydrogen-bond acceptors (Lipinski definition) is 1. The van der Waals surface area contributed by atoms with Crippen LogP contribution >= 0.6 is 11.8 Å². The normalized spacial score (nSPS) is 15.8. The van der Waals surface area contributed by atoms with Gasteiger partial charge in [0.2, 0.25) is 0 Å². The van der Waals surface area contributed by atoms with E-state index in [9.17, 15) is 0 Å².